The average molecular weight is 680 g/mol. The van der Waals surface area contributed by atoms with Crippen molar-refractivity contribution in [2.75, 3.05) is 0 Å². The van der Waals surface area contributed by atoms with E-state index in [0.717, 1.165) is 0 Å². The maximum atomic E-state index is 3.22. The van der Waals surface area contributed by atoms with Gasteiger partial charge in [0.2, 0.25) is 0 Å². The van der Waals surface area contributed by atoms with Crippen LogP contribution >= 0.6 is 24.8 Å². The smallest absolute Gasteiger partial charge is 0.147 e. The molecule has 0 spiro atoms. The minimum atomic E-state index is 0. The fourth-order valence-corrected chi connectivity index (χ4v) is 3.70. The molecule has 0 bridgehead atoms. The van der Waals surface area contributed by atoms with Crippen LogP contribution in [0.4, 0.5) is 0 Å². The Morgan fingerprint density at radius 2 is 1.21 bits per heavy atom. The zero-order chi connectivity index (χ0) is 24.3. The first-order valence-corrected chi connectivity index (χ1v) is 19.5. The van der Waals surface area contributed by atoms with Gasteiger partial charge in [0, 0.05) is 0 Å². The molecule has 0 fully saturated rings. The van der Waals surface area contributed by atoms with Crippen molar-refractivity contribution in [2.45, 2.75) is 79.3 Å². The largest absolute Gasteiger partial charge is 0.147 e. The number of allylic oxidation sites excluding steroid dienone is 4. The van der Waals surface area contributed by atoms with Crippen molar-refractivity contribution in [3.63, 3.8) is 0 Å². The standard InChI is InChI=1S/C21H25.C7H9.C2H6Si.2ClH.Hf/c1-20(2,3)16-7-9-18-14(12-16)11-15-13-17(21(4,5)6)8-10-19(15)18;1-6-3-4-7(2)5-6;1-3-2;;;/h7-13H,1-6H3;3-4,6H,1-2H3;1-2H3;2*1H;/q2*-1;;;;+2. The number of fused-ring (bicyclic) bond motifs is 3. The summed E-state index contributed by atoms with van der Waals surface area (Å²) >= 11 is 1.45. The second kappa shape index (κ2) is 13.7. The second-order valence-corrected chi connectivity index (χ2v) is 24.0. The van der Waals surface area contributed by atoms with Gasteiger partial charge in [0.05, 0.1) is 0 Å². The molecule has 3 aromatic rings. The number of rotatable bonds is 0. The number of halogens is 2. The van der Waals surface area contributed by atoms with E-state index in [0.29, 0.717) is 5.92 Å². The fraction of sp³-hybridized carbons (Fsp3) is 0.433. The summed E-state index contributed by atoms with van der Waals surface area (Å²) in [5.74, 6) is 0.556. The average Bonchev–Trinajstić information content (AvgIpc) is 3.21. The van der Waals surface area contributed by atoms with Gasteiger partial charge in [-0.2, -0.15) is 6.08 Å². The van der Waals surface area contributed by atoms with Crippen molar-refractivity contribution < 1.29 is 23.0 Å². The van der Waals surface area contributed by atoms with Crippen molar-refractivity contribution >= 4 is 51.9 Å². The van der Waals surface area contributed by atoms with Crippen LogP contribution in [0.25, 0.3) is 21.5 Å². The molecule has 1 aliphatic rings. The quantitative estimate of drug-likeness (QED) is 0.164. The molecule has 1 aliphatic carbocycles. The van der Waals surface area contributed by atoms with E-state index in [9.17, 15) is 0 Å². The van der Waals surface area contributed by atoms with Gasteiger partial charge in [0.25, 0.3) is 0 Å². The van der Waals surface area contributed by atoms with E-state index in [4.69, 9.17) is 0 Å². The second-order valence-electron chi connectivity index (χ2n) is 11.2. The predicted molar refractivity (Wildman–Crippen MR) is 157 cm³/mol. The van der Waals surface area contributed by atoms with Crippen molar-refractivity contribution in [1.82, 2.24) is 0 Å². The van der Waals surface area contributed by atoms with Crippen LogP contribution in [-0.2, 0) is 33.8 Å². The van der Waals surface area contributed by atoms with Gasteiger partial charge in [-0.25, -0.2) is 11.6 Å². The van der Waals surface area contributed by atoms with Crippen LogP contribution in [-0.4, -0.2) is 5.49 Å². The summed E-state index contributed by atoms with van der Waals surface area (Å²) in [6.45, 7) is 22.5. The summed E-state index contributed by atoms with van der Waals surface area (Å²) in [7, 11) is 0. The van der Waals surface area contributed by atoms with Crippen LogP contribution in [0.15, 0.2) is 60.2 Å². The maximum Gasteiger partial charge on any atom is -0.147 e. The van der Waals surface area contributed by atoms with Gasteiger partial charge in [-0.1, -0.05) is 96.7 Å². The molecule has 0 saturated carbocycles. The third-order valence-electron chi connectivity index (χ3n) is 5.53. The first-order chi connectivity index (χ1) is 14.7. The van der Waals surface area contributed by atoms with Crippen molar-refractivity contribution in [3.05, 3.63) is 77.4 Å². The molecule has 0 heterocycles. The van der Waals surface area contributed by atoms with E-state index in [1.54, 1.807) is 0 Å². The third kappa shape index (κ3) is 9.84. The Morgan fingerprint density at radius 1 is 0.824 bits per heavy atom. The van der Waals surface area contributed by atoms with E-state index in [2.05, 4.69) is 129 Å². The van der Waals surface area contributed by atoms with Gasteiger partial charge in [-0.3, -0.25) is 6.08 Å². The monoisotopic (exact) mass is 680 g/mol. The summed E-state index contributed by atoms with van der Waals surface area (Å²) in [4.78, 5) is 0. The van der Waals surface area contributed by atoms with E-state index in [1.807, 2.05) is 0 Å². The van der Waals surface area contributed by atoms with Crippen LogP contribution in [0.5, 0.6) is 0 Å². The Hall–Kier alpha value is -0.543. The predicted octanol–water partition coefficient (Wildman–Crippen LogP) is 9.88. The zero-order valence-electron chi connectivity index (χ0n) is 22.6. The molecule has 1 unspecified atom stereocenters. The van der Waals surface area contributed by atoms with E-state index in [-0.39, 0.29) is 41.1 Å². The van der Waals surface area contributed by atoms with Gasteiger partial charge in [0.1, 0.15) is 0 Å². The van der Waals surface area contributed by atoms with E-state index >= 15 is 0 Å². The van der Waals surface area contributed by atoms with Gasteiger partial charge in [-0.15, -0.1) is 64.6 Å². The Labute approximate surface area is 236 Å². The Bertz CT molecular complexity index is 1080. The molecule has 0 aliphatic heterocycles. The molecule has 184 valence electrons. The number of hydrogen-bond acceptors (Lipinski definition) is 0. The molecular formula is C30H42Cl2HfSi. The summed E-state index contributed by atoms with van der Waals surface area (Å²) < 4.78 is 0. The fourth-order valence-electron chi connectivity index (χ4n) is 3.70. The minimum absolute atomic E-state index is 0. The molecule has 0 saturated heterocycles. The van der Waals surface area contributed by atoms with Crippen LogP contribution in [0.1, 0.15) is 66.5 Å². The molecular weight excluding hydrogens is 638 g/mol. The normalized spacial score (nSPS) is 14.8. The van der Waals surface area contributed by atoms with Gasteiger partial charge in [-0.05, 0) is 10.8 Å². The first kappa shape index (κ1) is 33.5. The van der Waals surface area contributed by atoms with Crippen LogP contribution in [0.3, 0.4) is 0 Å². The topological polar surface area (TPSA) is 0 Å². The molecule has 4 rings (SSSR count). The molecule has 3 aromatic carbocycles. The van der Waals surface area contributed by atoms with Crippen LogP contribution in [0, 0.1) is 12.0 Å². The first-order valence-electron chi connectivity index (χ1n) is 11.6. The molecule has 0 radical (unpaired) electrons. The molecule has 0 aromatic heterocycles. The Balaban J connectivity index is 0.000000702. The van der Waals surface area contributed by atoms with Gasteiger partial charge < -0.3 is 0 Å². The molecule has 0 nitrogen and oxygen atoms in total. The SMILES string of the molecule is CC(C)(C)c1ccc2c(c1)[cH-]c1cc(C(C)(C)C)ccc12.CC1=[C-]C(C)C=C1.C[Si](C)=[Hf+2].Cl.Cl. The number of benzene rings is 2. The van der Waals surface area contributed by atoms with Crippen LogP contribution < -0.4 is 0 Å². The van der Waals surface area contributed by atoms with Crippen LogP contribution in [0.2, 0.25) is 13.1 Å². The molecule has 1 atom stereocenters. The Morgan fingerprint density at radius 3 is 1.44 bits per heavy atom. The molecule has 4 heteroatoms. The van der Waals surface area contributed by atoms with E-state index in [1.165, 1.54) is 61.2 Å². The van der Waals surface area contributed by atoms with Gasteiger partial charge >= 0.3 is 41.6 Å². The Kier molecular flexibility index (Phi) is 13.5. The van der Waals surface area contributed by atoms with Crippen molar-refractivity contribution in [3.8, 4) is 0 Å². The summed E-state index contributed by atoms with van der Waals surface area (Å²) in [6.07, 6.45) is 7.47. The van der Waals surface area contributed by atoms with Crippen molar-refractivity contribution in [2.24, 2.45) is 5.92 Å². The van der Waals surface area contributed by atoms with Gasteiger partial charge in [0.15, 0.2) is 0 Å². The molecule has 0 N–H and O–H groups in total. The maximum absolute atomic E-state index is 3.22. The summed E-state index contributed by atoms with van der Waals surface area (Å²) in [6, 6.07) is 16.2. The number of hydrogen-bond donors (Lipinski definition) is 0. The molecule has 0 amide bonds. The summed E-state index contributed by atoms with van der Waals surface area (Å²) in [5.41, 5.74) is 4.74. The molecule has 34 heavy (non-hydrogen) atoms. The van der Waals surface area contributed by atoms with E-state index < -0.39 is 0 Å². The zero-order valence-corrected chi connectivity index (χ0v) is 28.8. The summed E-state index contributed by atoms with van der Waals surface area (Å²) in [5, 5.41) is 5.48. The third-order valence-corrected chi connectivity index (χ3v) is 5.53. The van der Waals surface area contributed by atoms with Crippen molar-refractivity contribution in [1.29, 1.82) is 0 Å². The minimum Gasteiger partial charge on any atom is -0.147 e.